The highest BCUT2D eigenvalue weighted by Gasteiger charge is 2.25. The Morgan fingerprint density at radius 2 is 2.10 bits per heavy atom. The average molecular weight is 288 g/mol. The molecular weight excluding hydrogens is 264 g/mol. The number of para-hydroxylation sites is 1. The fraction of sp³-hybridized carbons (Fsp3) is 0.625. The van der Waals surface area contributed by atoms with E-state index in [9.17, 15) is 0 Å². The van der Waals surface area contributed by atoms with E-state index >= 15 is 0 Å². The molecule has 1 aliphatic rings. The summed E-state index contributed by atoms with van der Waals surface area (Å²) in [4.78, 5) is 0. The van der Waals surface area contributed by atoms with Crippen molar-refractivity contribution in [1.82, 2.24) is 20.3 Å². The molecule has 0 bridgehead atoms. The monoisotopic (exact) mass is 288 g/mol. The Morgan fingerprint density at radius 3 is 2.95 bits per heavy atom. The Balaban J connectivity index is 1.53. The normalized spacial score (nSPS) is 22.4. The lowest BCUT2D eigenvalue weighted by molar-refractivity contribution is 0.0344. The number of aromatic nitrogens is 3. The van der Waals surface area contributed by atoms with Crippen LogP contribution >= 0.6 is 0 Å². The van der Waals surface area contributed by atoms with Crippen LogP contribution in [0.3, 0.4) is 0 Å². The van der Waals surface area contributed by atoms with Gasteiger partial charge in [0, 0.05) is 6.54 Å². The predicted octanol–water partition coefficient (Wildman–Crippen LogP) is 2.22. The first kappa shape index (κ1) is 14.5. The molecule has 1 saturated heterocycles. The zero-order valence-electron chi connectivity index (χ0n) is 12.8. The van der Waals surface area contributed by atoms with Crippen LogP contribution in [-0.4, -0.2) is 40.3 Å². The predicted molar refractivity (Wildman–Crippen MR) is 83.1 cm³/mol. The van der Waals surface area contributed by atoms with Crippen LogP contribution in [0.5, 0.6) is 0 Å². The minimum absolute atomic E-state index is 0.251. The number of hydrogen-bond acceptors (Lipinski definition) is 4. The molecule has 114 valence electrons. The second-order valence-corrected chi connectivity index (χ2v) is 6.27. The van der Waals surface area contributed by atoms with E-state index in [0.717, 1.165) is 43.5 Å². The van der Waals surface area contributed by atoms with Gasteiger partial charge in [-0.1, -0.05) is 31.2 Å². The zero-order valence-corrected chi connectivity index (χ0v) is 12.8. The number of fused-ring (bicyclic) bond motifs is 1. The minimum atomic E-state index is 0.251. The molecule has 2 unspecified atom stereocenters. The van der Waals surface area contributed by atoms with Crippen LogP contribution in [0.2, 0.25) is 0 Å². The number of ether oxygens (including phenoxy) is 1. The summed E-state index contributed by atoms with van der Waals surface area (Å²) in [6.45, 7) is 7.24. The van der Waals surface area contributed by atoms with Gasteiger partial charge in [-0.3, -0.25) is 0 Å². The largest absolute Gasteiger partial charge is 0.372 e. The molecule has 1 aromatic carbocycles. The van der Waals surface area contributed by atoms with Gasteiger partial charge in [0.25, 0.3) is 0 Å². The molecule has 0 aliphatic carbocycles. The van der Waals surface area contributed by atoms with Crippen molar-refractivity contribution in [3.63, 3.8) is 0 Å². The molecule has 1 aliphatic heterocycles. The van der Waals surface area contributed by atoms with Gasteiger partial charge >= 0.3 is 0 Å². The maximum atomic E-state index is 6.11. The van der Waals surface area contributed by atoms with Crippen molar-refractivity contribution >= 4 is 11.0 Å². The second-order valence-electron chi connectivity index (χ2n) is 6.27. The summed E-state index contributed by atoms with van der Waals surface area (Å²) in [6, 6.07) is 8.07. The van der Waals surface area contributed by atoms with E-state index in [1.165, 1.54) is 0 Å². The smallest absolute Gasteiger partial charge is 0.113 e. The van der Waals surface area contributed by atoms with Crippen LogP contribution in [0.4, 0.5) is 0 Å². The lowest BCUT2D eigenvalue weighted by atomic mass is 10.2. The first-order chi connectivity index (χ1) is 10.2. The van der Waals surface area contributed by atoms with Gasteiger partial charge in [-0.2, -0.15) is 0 Å². The summed E-state index contributed by atoms with van der Waals surface area (Å²) >= 11 is 0. The first-order valence-corrected chi connectivity index (χ1v) is 7.87. The van der Waals surface area contributed by atoms with E-state index in [0.29, 0.717) is 12.0 Å². The molecule has 5 nitrogen and oxygen atoms in total. The van der Waals surface area contributed by atoms with Crippen molar-refractivity contribution < 1.29 is 4.74 Å². The molecule has 5 heteroatoms. The molecule has 1 N–H and O–H groups in total. The standard InChI is InChI=1S/C16H24N4O/c1-12(2)9-17-10-13-7-8-14(21-13)11-20-16-6-4-3-5-15(16)18-19-20/h3-6,12-14,17H,7-11H2,1-2H3. The van der Waals surface area contributed by atoms with E-state index in [1.807, 2.05) is 22.9 Å². The lowest BCUT2D eigenvalue weighted by Gasteiger charge is -2.15. The molecule has 0 spiro atoms. The van der Waals surface area contributed by atoms with Gasteiger partial charge in [0.1, 0.15) is 5.52 Å². The van der Waals surface area contributed by atoms with Crippen molar-refractivity contribution in [2.45, 2.75) is 45.4 Å². The first-order valence-electron chi connectivity index (χ1n) is 7.87. The quantitative estimate of drug-likeness (QED) is 0.885. The maximum absolute atomic E-state index is 6.11. The Bertz CT molecular complexity index is 580. The Hall–Kier alpha value is -1.46. The van der Waals surface area contributed by atoms with Gasteiger partial charge in [-0.15, -0.1) is 5.10 Å². The molecule has 1 fully saturated rings. The molecule has 1 aromatic heterocycles. The highest BCUT2D eigenvalue weighted by molar-refractivity contribution is 5.73. The molecule has 0 saturated carbocycles. The number of nitrogens with zero attached hydrogens (tertiary/aromatic N) is 3. The summed E-state index contributed by atoms with van der Waals surface area (Å²) < 4.78 is 8.08. The van der Waals surface area contributed by atoms with Gasteiger partial charge in [0.2, 0.25) is 0 Å². The molecule has 2 aromatic rings. The molecule has 0 radical (unpaired) electrons. The molecule has 2 atom stereocenters. The topological polar surface area (TPSA) is 52.0 Å². The van der Waals surface area contributed by atoms with Gasteiger partial charge < -0.3 is 10.1 Å². The summed E-state index contributed by atoms with van der Waals surface area (Å²) in [6.07, 6.45) is 2.81. The third kappa shape index (κ3) is 3.60. The fourth-order valence-corrected chi connectivity index (χ4v) is 2.84. The third-order valence-electron chi connectivity index (χ3n) is 3.92. The van der Waals surface area contributed by atoms with E-state index in [2.05, 4.69) is 35.5 Å². The van der Waals surface area contributed by atoms with Crippen molar-refractivity contribution in [2.75, 3.05) is 13.1 Å². The molecule has 3 rings (SSSR count). The van der Waals surface area contributed by atoms with Crippen LogP contribution in [-0.2, 0) is 11.3 Å². The lowest BCUT2D eigenvalue weighted by Crippen LogP contribution is -2.30. The summed E-state index contributed by atoms with van der Waals surface area (Å²) in [5, 5.41) is 11.9. The fourth-order valence-electron chi connectivity index (χ4n) is 2.84. The SMILES string of the molecule is CC(C)CNCC1CCC(Cn2nnc3ccccc32)O1. The zero-order chi connectivity index (χ0) is 14.7. The maximum Gasteiger partial charge on any atom is 0.113 e. The average Bonchev–Trinajstić information content (AvgIpc) is 3.07. The number of rotatable bonds is 6. The van der Waals surface area contributed by atoms with Gasteiger partial charge in [-0.25, -0.2) is 4.68 Å². The number of nitrogens with one attached hydrogen (secondary N) is 1. The second kappa shape index (κ2) is 6.54. The molecule has 0 amide bonds. The van der Waals surface area contributed by atoms with E-state index in [4.69, 9.17) is 4.74 Å². The van der Waals surface area contributed by atoms with Crippen molar-refractivity contribution in [2.24, 2.45) is 5.92 Å². The van der Waals surface area contributed by atoms with Gasteiger partial charge in [0.05, 0.1) is 24.3 Å². The van der Waals surface area contributed by atoms with E-state index < -0.39 is 0 Å². The summed E-state index contributed by atoms with van der Waals surface area (Å²) in [7, 11) is 0. The molecule has 2 heterocycles. The Kier molecular flexibility index (Phi) is 4.51. The van der Waals surface area contributed by atoms with E-state index in [1.54, 1.807) is 0 Å². The van der Waals surface area contributed by atoms with Crippen molar-refractivity contribution in [3.05, 3.63) is 24.3 Å². The number of hydrogen-bond donors (Lipinski definition) is 1. The van der Waals surface area contributed by atoms with Crippen LogP contribution in [0.25, 0.3) is 11.0 Å². The minimum Gasteiger partial charge on any atom is -0.372 e. The summed E-state index contributed by atoms with van der Waals surface area (Å²) in [5.74, 6) is 0.684. The third-order valence-corrected chi connectivity index (χ3v) is 3.92. The highest BCUT2D eigenvalue weighted by atomic mass is 16.5. The Labute approximate surface area is 125 Å². The highest BCUT2D eigenvalue weighted by Crippen LogP contribution is 2.21. The van der Waals surface area contributed by atoms with Crippen LogP contribution in [0.1, 0.15) is 26.7 Å². The van der Waals surface area contributed by atoms with Gasteiger partial charge in [-0.05, 0) is 37.4 Å². The Morgan fingerprint density at radius 1 is 1.29 bits per heavy atom. The summed E-state index contributed by atoms with van der Waals surface area (Å²) in [5.41, 5.74) is 2.04. The molecule has 21 heavy (non-hydrogen) atoms. The van der Waals surface area contributed by atoms with E-state index in [-0.39, 0.29) is 6.10 Å². The van der Waals surface area contributed by atoms with Crippen LogP contribution in [0, 0.1) is 5.92 Å². The van der Waals surface area contributed by atoms with Crippen LogP contribution < -0.4 is 5.32 Å². The van der Waals surface area contributed by atoms with Gasteiger partial charge in [0.15, 0.2) is 0 Å². The number of benzene rings is 1. The van der Waals surface area contributed by atoms with Crippen molar-refractivity contribution in [3.8, 4) is 0 Å². The molecular formula is C16H24N4O. The van der Waals surface area contributed by atoms with Crippen molar-refractivity contribution in [1.29, 1.82) is 0 Å². The van der Waals surface area contributed by atoms with Crippen LogP contribution in [0.15, 0.2) is 24.3 Å².